The maximum absolute atomic E-state index is 13.5. The number of nitrogens with zero attached hydrogens (tertiary/aromatic N) is 5. The average molecular weight is 580 g/mol. The molecule has 216 valence electrons. The number of fused-ring (bicyclic) bond motifs is 1. The topological polar surface area (TPSA) is 104 Å². The average Bonchev–Trinajstić information content (AvgIpc) is 3.44. The van der Waals surface area contributed by atoms with Crippen LogP contribution in [0.25, 0.3) is 0 Å². The largest absolute Gasteiger partial charge is 0.324 e. The van der Waals surface area contributed by atoms with Gasteiger partial charge in [-0.05, 0) is 37.7 Å². The van der Waals surface area contributed by atoms with Crippen molar-refractivity contribution >= 4 is 34.2 Å². The first-order valence-corrected chi connectivity index (χ1v) is 16.1. The Morgan fingerprint density at radius 1 is 1.00 bits per heavy atom. The quantitative estimate of drug-likeness (QED) is 0.478. The summed E-state index contributed by atoms with van der Waals surface area (Å²) in [6.07, 6.45) is 18.8. The molecular formula is C28H42ClN5O4S. The molecule has 5 rings (SSSR count). The fraction of sp³-hybridized carbons (Fsp3) is 0.714. The van der Waals surface area contributed by atoms with Gasteiger partial charge in [-0.25, -0.2) is 17.7 Å². The van der Waals surface area contributed by atoms with Crippen molar-refractivity contribution < 1.29 is 18.0 Å². The number of carbonyl (C=O) groups is 2. The van der Waals surface area contributed by atoms with Gasteiger partial charge in [-0.3, -0.25) is 19.5 Å². The molecule has 0 bridgehead atoms. The van der Waals surface area contributed by atoms with Gasteiger partial charge >= 0.3 is 0 Å². The number of carbonyl (C=O) groups excluding carboxylic acids is 2. The minimum atomic E-state index is -3.78. The predicted molar refractivity (Wildman–Crippen MR) is 151 cm³/mol. The second-order valence-electron chi connectivity index (χ2n) is 11.8. The second kappa shape index (κ2) is 12.2. The van der Waals surface area contributed by atoms with Crippen molar-refractivity contribution in [2.75, 3.05) is 12.8 Å². The Morgan fingerprint density at radius 3 is 2.08 bits per heavy atom. The van der Waals surface area contributed by atoms with Gasteiger partial charge in [0.25, 0.3) is 5.91 Å². The molecule has 0 aromatic carbocycles. The highest BCUT2D eigenvalue weighted by Gasteiger charge is 2.55. The number of halogens is 1. The van der Waals surface area contributed by atoms with E-state index in [4.69, 9.17) is 0 Å². The molecule has 0 spiro atoms. The number of aromatic nitrogens is 2. The van der Waals surface area contributed by atoms with Crippen LogP contribution >= 0.6 is 12.4 Å². The van der Waals surface area contributed by atoms with Gasteiger partial charge in [0.1, 0.15) is 5.69 Å². The van der Waals surface area contributed by atoms with E-state index < -0.39 is 27.9 Å². The molecule has 4 aliphatic rings. The molecule has 9 nitrogen and oxygen atoms in total. The molecule has 1 aromatic rings. The molecule has 0 radical (unpaired) electrons. The molecule has 39 heavy (non-hydrogen) atoms. The van der Waals surface area contributed by atoms with E-state index in [0.29, 0.717) is 17.8 Å². The summed E-state index contributed by atoms with van der Waals surface area (Å²) >= 11 is 0. The summed E-state index contributed by atoms with van der Waals surface area (Å²) in [4.78, 5) is 40.0. The lowest BCUT2D eigenvalue weighted by atomic mass is 9.88. The van der Waals surface area contributed by atoms with Crippen molar-refractivity contribution in [1.29, 1.82) is 0 Å². The lowest BCUT2D eigenvalue weighted by molar-refractivity contribution is -0.128. The molecule has 2 aliphatic heterocycles. The Kier molecular flexibility index (Phi) is 9.38. The Labute approximate surface area is 238 Å². The van der Waals surface area contributed by atoms with E-state index in [1.807, 2.05) is 13.8 Å². The van der Waals surface area contributed by atoms with Crippen molar-refractivity contribution in [3.05, 3.63) is 35.6 Å². The van der Waals surface area contributed by atoms with Gasteiger partial charge in [0, 0.05) is 25.2 Å². The molecule has 3 heterocycles. The van der Waals surface area contributed by atoms with Crippen LogP contribution in [0.2, 0.25) is 0 Å². The minimum absolute atomic E-state index is 0. The van der Waals surface area contributed by atoms with E-state index in [-0.39, 0.29) is 36.5 Å². The van der Waals surface area contributed by atoms with Crippen LogP contribution in [0.5, 0.6) is 0 Å². The molecule has 2 atom stereocenters. The van der Waals surface area contributed by atoms with Crippen molar-refractivity contribution in [3.8, 4) is 0 Å². The molecule has 1 aromatic heterocycles. The zero-order valence-electron chi connectivity index (χ0n) is 23.3. The van der Waals surface area contributed by atoms with E-state index in [2.05, 4.69) is 14.9 Å². The standard InChI is InChI=1S/C28H41N5O4S.ClH/c1-19(2)25-26-24(33(28(25)35)38(3,36)37)14-15-31(26)27(34)23-17-29-20(16-30-23)18-32(21-10-6-4-7-11-21)22-12-8-5-9-13-22;/h14,16-17,19,21-22,25-26H,4-13,15,18H2,1-3H3;1H/t25-,26+;/m1./s1. The monoisotopic (exact) mass is 579 g/mol. The molecule has 2 amide bonds. The molecule has 1 saturated heterocycles. The number of amides is 2. The lowest BCUT2D eigenvalue weighted by Crippen LogP contribution is -2.45. The molecular weight excluding hydrogens is 538 g/mol. The fourth-order valence-electron chi connectivity index (χ4n) is 7.04. The highest BCUT2D eigenvalue weighted by Crippen LogP contribution is 2.41. The highest BCUT2D eigenvalue weighted by atomic mass is 35.5. The van der Waals surface area contributed by atoms with Crippen LogP contribution in [-0.4, -0.2) is 75.2 Å². The summed E-state index contributed by atoms with van der Waals surface area (Å²) < 4.78 is 25.7. The van der Waals surface area contributed by atoms with Gasteiger partial charge in [0.15, 0.2) is 0 Å². The van der Waals surface area contributed by atoms with Crippen LogP contribution in [0.4, 0.5) is 0 Å². The van der Waals surface area contributed by atoms with Crippen LogP contribution in [0.1, 0.15) is 94.2 Å². The van der Waals surface area contributed by atoms with Crippen molar-refractivity contribution in [2.45, 2.75) is 103 Å². The summed E-state index contributed by atoms with van der Waals surface area (Å²) in [6.45, 7) is 4.75. The Morgan fingerprint density at radius 2 is 1.59 bits per heavy atom. The van der Waals surface area contributed by atoms with Gasteiger partial charge < -0.3 is 4.90 Å². The number of sulfonamides is 1. The zero-order valence-corrected chi connectivity index (χ0v) is 24.9. The number of rotatable bonds is 7. The van der Waals surface area contributed by atoms with Crippen molar-refractivity contribution in [3.63, 3.8) is 0 Å². The van der Waals surface area contributed by atoms with Gasteiger partial charge in [-0.2, -0.15) is 0 Å². The number of hydrogen-bond donors (Lipinski definition) is 0. The first-order valence-electron chi connectivity index (χ1n) is 14.3. The molecule has 0 N–H and O–H groups in total. The lowest BCUT2D eigenvalue weighted by Gasteiger charge is -2.41. The zero-order chi connectivity index (χ0) is 27.0. The third-order valence-electron chi connectivity index (χ3n) is 8.86. The fourth-order valence-corrected chi connectivity index (χ4v) is 8.06. The molecule has 2 aliphatic carbocycles. The summed E-state index contributed by atoms with van der Waals surface area (Å²) in [5.41, 5.74) is 1.47. The normalized spacial score (nSPS) is 24.7. The predicted octanol–water partition coefficient (Wildman–Crippen LogP) is 4.15. The minimum Gasteiger partial charge on any atom is -0.324 e. The maximum Gasteiger partial charge on any atom is 0.274 e. The van der Waals surface area contributed by atoms with Gasteiger partial charge in [0.05, 0.1) is 42.0 Å². The van der Waals surface area contributed by atoms with Gasteiger partial charge in [-0.1, -0.05) is 52.4 Å². The van der Waals surface area contributed by atoms with E-state index in [0.717, 1.165) is 22.8 Å². The van der Waals surface area contributed by atoms with Crippen LogP contribution < -0.4 is 0 Å². The van der Waals surface area contributed by atoms with E-state index in [1.165, 1.54) is 64.2 Å². The Bertz CT molecular complexity index is 1160. The van der Waals surface area contributed by atoms with Crippen molar-refractivity contribution in [1.82, 2.24) is 24.1 Å². The first-order chi connectivity index (χ1) is 18.2. The third-order valence-corrected chi connectivity index (χ3v) is 9.92. The molecule has 2 saturated carbocycles. The smallest absolute Gasteiger partial charge is 0.274 e. The van der Waals surface area contributed by atoms with Gasteiger partial charge in [-0.15, -0.1) is 12.4 Å². The first kappa shape index (κ1) is 29.9. The molecule has 3 fully saturated rings. The summed E-state index contributed by atoms with van der Waals surface area (Å²) in [5.74, 6) is -1.54. The van der Waals surface area contributed by atoms with Gasteiger partial charge in [0.2, 0.25) is 15.9 Å². The van der Waals surface area contributed by atoms with Crippen LogP contribution in [0.15, 0.2) is 24.2 Å². The Balaban J connectivity index is 0.00000353. The summed E-state index contributed by atoms with van der Waals surface area (Å²) in [6, 6.07) is 0.573. The van der Waals surface area contributed by atoms with Crippen LogP contribution in [0.3, 0.4) is 0 Å². The van der Waals surface area contributed by atoms with Crippen LogP contribution in [0, 0.1) is 11.8 Å². The van der Waals surface area contributed by atoms with E-state index >= 15 is 0 Å². The Hall–Kier alpha value is -2.04. The van der Waals surface area contributed by atoms with Crippen LogP contribution in [-0.2, 0) is 21.4 Å². The summed E-state index contributed by atoms with van der Waals surface area (Å²) in [5, 5.41) is 0. The number of hydrogen-bond acceptors (Lipinski definition) is 7. The van der Waals surface area contributed by atoms with E-state index in [1.54, 1.807) is 23.4 Å². The molecule has 0 unspecified atom stereocenters. The SMILES string of the molecule is CC(C)[C@H]1C(=O)N(S(C)(=O)=O)C2=CCN(C(=O)c3cnc(CN(C4CCCCC4)C4CCCCC4)cn3)[C@@H]21.Cl. The summed E-state index contributed by atoms with van der Waals surface area (Å²) in [7, 11) is -3.78. The second-order valence-corrected chi connectivity index (χ2v) is 13.6. The maximum atomic E-state index is 13.5. The third kappa shape index (κ3) is 6.03. The highest BCUT2D eigenvalue weighted by molar-refractivity contribution is 7.89. The van der Waals surface area contributed by atoms with E-state index in [9.17, 15) is 18.0 Å². The molecule has 11 heteroatoms. The van der Waals surface area contributed by atoms with Crippen molar-refractivity contribution in [2.24, 2.45) is 11.8 Å².